The van der Waals surface area contributed by atoms with Gasteiger partial charge >= 0.3 is 0 Å². The fourth-order valence-electron chi connectivity index (χ4n) is 4.66. The molecule has 2 aliphatic heterocycles. The first-order chi connectivity index (χ1) is 14.9. The minimum atomic E-state index is -0.318. The molecule has 4 nitrogen and oxygen atoms in total. The molecular weight excluding hydrogens is 391 g/mol. The van der Waals surface area contributed by atoms with Gasteiger partial charge in [0, 0.05) is 40.8 Å². The molecule has 0 fully saturated rings. The molecule has 3 aromatic rings. The van der Waals surface area contributed by atoms with Crippen molar-refractivity contribution in [2.24, 2.45) is 0 Å². The Morgan fingerprint density at radius 2 is 1.90 bits per heavy atom. The van der Waals surface area contributed by atoms with Crippen molar-refractivity contribution < 1.29 is 14.2 Å². The predicted octanol–water partition coefficient (Wildman–Crippen LogP) is 5.56. The SMILES string of the molecule is COc1cc(F)ccc1-c1ccc2c3c1CN(c1cccc(CO)c1)C3=CC(C)(C)N2. The number of nitrogens with zero attached hydrogens (tertiary/aromatic N) is 1. The fourth-order valence-corrected chi connectivity index (χ4v) is 4.66. The van der Waals surface area contributed by atoms with E-state index in [1.807, 2.05) is 18.2 Å². The molecule has 0 radical (unpaired) electrons. The van der Waals surface area contributed by atoms with E-state index >= 15 is 0 Å². The van der Waals surface area contributed by atoms with E-state index in [2.05, 4.69) is 48.3 Å². The van der Waals surface area contributed by atoms with E-state index in [0.717, 1.165) is 39.3 Å². The zero-order valence-corrected chi connectivity index (χ0v) is 17.9. The summed E-state index contributed by atoms with van der Waals surface area (Å²) in [6, 6.07) is 16.9. The lowest BCUT2D eigenvalue weighted by Crippen LogP contribution is -2.33. The van der Waals surface area contributed by atoms with E-state index in [4.69, 9.17) is 4.74 Å². The van der Waals surface area contributed by atoms with Gasteiger partial charge in [0.25, 0.3) is 0 Å². The van der Waals surface area contributed by atoms with Gasteiger partial charge in [-0.3, -0.25) is 0 Å². The second-order valence-corrected chi connectivity index (χ2v) is 8.65. The van der Waals surface area contributed by atoms with Gasteiger partial charge in [-0.05, 0) is 66.9 Å². The van der Waals surface area contributed by atoms with Gasteiger partial charge in [-0.25, -0.2) is 4.39 Å². The first-order valence-electron chi connectivity index (χ1n) is 10.4. The Bertz CT molecular complexity index is 1220. The van der Waals surface area contributed by atoms with Crippen LogP contribution in [0.25, 0.3) is 16.8 Å². The lowest BCUT2D eigenvalue weighted by atomic mass is 9.89. The predicted molar refractivity (Wildman–Crippen MR) is 123 cm³/mol. The van der Waals surface area contributed by atoms with E-state index in [-0.39, 0.29) is 18.0 Å². The first kappa shape index (κ1) is 19.6. The van der Waals surface area contributed by atoms with E-state index in [1.54, 1.807) is 13.2 Å². The molecule has 0 aliphatic carbocycles. The van der Waals surface area contributed by atoms with Crippen LogP contribution in [0.1, 0.15) is 30.5 Å². The van der Waals surface area contributed by atoms with Gasteiger partial charge in [0.15, 0.2) is 0 Å². The monoisotopic (exact) mass is 416 g/mol. The summed E-state index contributed by atoms with van der Waals surface area (Å²) in [5.74, 6) is 0.202. The van der Waals surface area contributed by atoms with Crippen LogP contribution in [0.4, 0.5) is 15.8 Å². The quantitative estimate of drug-likeness (QED) is 0.585. The van der Waals surface area contributed by atoms with Crippen LogP contribution < -0.4 is 15.0 Å². The second-order valence-electron chi connectivity index (χ2n) is 8.65. The summed E-state index contributed by atoms with van der Waals surface area (Å²) >= 11 is 0. The first-order valence-corrected chi connectivity index (χ1v) is 10.4. The standard InChI is InChI=1S/C26H25FN2O2/c1-26(2)13-23-25-21(14-29(23)18-6-4-5-16(11-18)15-30)19(9-10-22(25)28-26)20-8-7-17(27)12-24(20)31-3/h4-13,28,30H,14-15H2,1-3H3. The number of anilines is 2. The van der Waals surface area contributed by atoms with Crippen LogP contribution in [-0.4, -0.2) is 17.8 Å². The van der Waals surface area contributed by atoms with Crippen LogP contribution in [0.15, 0.2) is 60.7 Å². The van der Waals surface area contributed by atoms with E-state index < -0.39 is 0 Å². The molecule has 0 bridgehead atoms. The van der Waals surface area contributed by atoms with Crippen LogP contribution in [0.5, 0.6) is 5.75 Å². The van der Waals surface area contributed by atoms with Crippen molar-refractivity contribution in [3.05, 3.63) is 83.2 Å². The molecule has 0 aromatic heterocycles. The largest absolute Gasteiger partial charge is 0.496 e. The number of benzene rings is 3. The van der Waals surface area contributed by atoms with Crippen LogP contribution >= 0.6 is 0 Å². The Balaban J connectivity index is 1.71. The van der Waals surface area contributed by atoms with Gasteiger partial charge in [-0.1, -0.05) is 18.2 Å². The molecule has 0 saturated carbocycles. The molecule has 2 N–H and O–H groups in total. The zero-order valence-electron chi connectivity index (χ0n) is 17.9. The molecule has 2 aliphatic rings. The highest BCUT2D eigenvalue weighted by molar-refractivity contribution is 5.97. The number of halogens is 1. The zero-order chi connectivity index (χ0) is 21.8. The number of nitrogens with one attached hydrogen (secondary N) is 1. The van der Waals surface area contributed by atoms with Crippen molar-refractivity contribution >= 4 is 17.1 Å². The molecule has 5 rings (SSSR count). The number of ether oxygens (including phenoxy) is 1. The Kier molecular flexibility index (Phi) is 4.52. The van der Waals surface area contributed by atoms with Crippen molar-refractivity contribution in [2.75, 3.05) is 17.3 Å². The number of methoxy groups -OCH3 is 1. The maximum absolute atomic E-state index is 13.8. The average molecular weight is 416 g/mol. The second kappa shape index (κ2) is 7.13. The molecule has 0 atom stereocenters. The molecule has 0 unspecified atom stereocenters. The third-order valence-electron chi connectivity index (χ3n) is 5.99. The van der Waals surface area contributed by atoms with Crippen molar-refractivity contribution in [3.63, 3.8) is 0 Å². The Labute approximate surface area is 181 Å². The Morgan fingerprint density at radius 3 is 2.68 bits per heavy atom. The van der Waals surface area contributed by atoms with Crippen LogP contribution in [0.3, 0.4) is 0 Å². The summed E-state index contributed by atoms with van der Waals surface area (Å²) in [6.07, 6.45) is 2.25. The minimum absolute atomic E-state index is 0.00397. The van der Waals surface area contributed by atoms with E-state index in [0.29, 0.717) is 12.3 Å². The molecule has 2 heterocycles. The number of hydrogen-bond donors (Lipinski definition) is 2. The smallest absolute Gasteiger partial charge is 0.129 e. The number of aliphatic hydroxyl groups excluding tert-OH is 1. The Hall–Kier alpha value is -3.31. The van der Waals surface area contributed by atoms with Crippen molar-refractivity contribution in [2.45, 2.75) is 32.5 Å². The fraction of sp³-hybridized carbons (Fsp3) is 0.231. The maximum Gasteiger partial charge on any atom is 0.129 e. The molecule has 158 valence electrons. The van der Waals surface area contributed by atoms with Gasteiger partial charge in [0.1, 0.15) is 11.6 Å². The van der Waals surface area contributed by atoms with Gasteiger partial charge in [0.05, 0.1) is 19.3 Å². The summed E-state index contributed by atoms with van der Waals surface area (Å²) in [6.45, 7) is 4.99. The molecule has 0 saturated heterocycles. The van der Waals surface area contributed by atoms with Crippen molar-refractivity contribution in [1.29, 1.82) is 0 Å². The molecule has 0 spiro atoms. The van der Waals surface area contributed by atoms with Gasteiger partial charge < -0.3 is 20.1 Å². The van der Waals surface area contributed by atoms with Crippen molar-refractivity contribution in [1.82, 2.24) is 0 Å². The highest BCUT2D eigenvalue weighted by atomic mass is 19.1. The van der Waals surface area contributed by atoms with Gasteiger partial charge in [-0.2, -0.15) is 0 Å². The summed E-state index contributed by atoms with van der Waals surface area (Å²) < 4.78 is 19.3. The summed E-state index contributed by atoms with van der Waals surface area (Å²) in [5.41, 5.74) is 8.18. The molecule has 0 amide bonds. The topological polar surface area (TPSA) is 44.7 Å². The van der Waals surface area contributed by atoms with Gasteiger partial charge in [0.2, 0.25) is 0 Å². The van der Waals surface area contributed by atoms with E-state index in [1.165, 1.54) is 17.7 Å². The molecule has 5 heteroatoms. The summed E-state index contributed by atoms with van der Waals surface area (Å²) in [5, 5.41) is 13.2. The highest BCUT2D eigenvalue weighted by Crippen LogP contribution is 2.49. The van der Waals surface area contributed by atoms with Gasteiger partial charge in [-0.15, -0.1) is 0 Å². The number of rotatable bonds is 4. The van der Waals surface area contributed by atoms with E-state index in [9.17, 15) is 9.50 Å². The molecular formula is C26H25FN2O2. The normalized spacial score (nSPS) is 15.9. The van der Waals surface area contributed by atoms with Crippen LogP contribution in [0.2, 0.25) is 0 Å². The Morgan fingerprint density at radius 1 is 1.10 bits per heavy atom. The summed E-state index contributed by atoms with van der Waals surface area (Å²) in [4.78, 5) is 2.29. The summed E-state index contributed by atoms with van der Waals surface area (Å²) in [7, 11) is 1.57. The lowest BCUT2D eigenvalue weighted by Gasteiger charge is -2.33. The number of aliphatic hydroxyl groups is 1. The third-order valence-corrected chi connectivity index (χ3v) is 5.99. The lowest BCUT2D eigenvalue weighted by molar-refractivity contribution is 0.282. The highest BCUT2D eigenvalue weighted by Gasteiger charge is 2.36. The third kappa shape index (κ3) is 3.26. The minimum Gasteiger partial charge on any atom is -0.496 e. The number of hydrogen-bond acceptors (Lipinski definition) is 4. The van der Waals surface area contributed by atoms with Crippen molar-refractivity contribution in [3.8, 4) is 16.9 Å². The maximum atomic E-state index is 13.8. The van der Waals surface area contributed by atoms with Crippen LogP contribution in [-0.2, 0) is 13.2 Å². The molecule has 3 aromatic carbocycles. The molecule has 31 heavy (non-hydrogen) atoms. The van der Waals surface area contributed by atoms with Crippen LogP contribution in [0, 0.1) is 5.82 Å². The average Bonchev–Trinajstić information content (AvgIpc) is 3.13.